The summed E-state index contributed by atoms with van der Waals surface area (Å²) in [7, 11) is 0. The van der Waals surface area contributed by atoms with E-state index >= 15 is 0 Å². The third kappa shape index (κ3) is 3.49. The summed E-state index contributed by atoms with van der Waals surface area (Å²) in [6, 6.07) is 0.906. The van der Waals surface area contributed by atoms with Crippen LogP contribution in [0.15, 0.2) is 11.6 Å². The lowest BCUT2D eigenvalue weighted by atomic mass is 9.96. The van der Waals surface area contributed by atoms with Crippen molar-refractivity contribution >= 4 is 17.2 Å². The smallest absolute Gasteiger partial charge is 0.222 e. The molecule has 0 bridgehead atoms. The van der Waals surface area contributed by atoms with Gasteiger partial charge in [-0.2, -0.15) is 0 Å². The van der Waals surface area contributed by atoms with E-state index in [-0.39, 0.29) is 0 Å². The lowest BCUT2D eigenvalue weighted by Crippen LogP contribution is -2.54. The van der Waals surface area contributed by atoms with Crippen LogP contribution in [-0.2, 0) is 16.1 Å². The molecule has 0 unspecified atom stereocenters. The molecular weight excluding hydrogens is 324 g/mol. The van der Waals surface area contributed by atoms with Gasteiger partial charge < -0.3 is 9.64 Å². The minimum Gasteiger partial charge on any atom is -0.379 e. The fraction of sp³-hybridized carbons (Fsp3) is 0.765. The normalized spacial score (nSPS) is 29.2. The van der Waals surface area contributed by atoms with Crippen LogP contribution < -0.4 is 0 Å². The van der Waals surface area contributed by atoms with Crippen molar-refractivity contribution in [2.45, 2.75) is 37.9 Å². The molecule has 7 heteroatoms. The number of fused-ring (bicyclic) bond motifs is 1. The van der Waals surface area contributed by atoms with Gasteiger partial charge in [-0.15, -0.1) is 11.3 Å². The predicted molar refractivity (Wildman–Crippen MR) is 92.9 cm³/mol. The maximum absolute atomic E-state index is 12.5. The van der Waals surface area contributed by atoms with Gasteiger partial charge in [0.05, 0.1) is 19.8 Å². The molecule has 1 aromatic heterocycles. The summed E-state index contributed by atoms with van der Waals surface area (Å²) < 4.78 is 5.41. The standard InChI is InChI=1S/C17H26N4O2S/c22-17-2-1-14-15(3-5-20(14)13-16-18-4-12-24-16)21(17)7-6-19-8-10-23-11-9-19/h4,12,14-15H,1-3,5-11,13H2/t14-,15-/m1/s1. The number of amides is 1. The molecular formula is C17H26N4O2S. The Kier molecular flexibility index (Phi) is 5.12. The SMILES string of the molecule is O=C1CC[C@@H]2[C@@H](CCN2Cc2nccs2)N1CCN1CCOCC1. The summed E-state index contributed by atoms with van der Waals surface area (Å²) in [6.45, 7) is 7.48. The van der Waals surface area contributed by atoms with Gasteiger partial charge in [-0.25, -0.2) is 4.98 Å². The molecule has 6 nitrogen and oxygen atoms in total. The molecule has 1 amide bonds. The molecule has 0 aliphatic carbocycles. The number of thiazole rings is 1. The average Bonchev–Trinajstić information content (AvgIpc) is 3.26. The van der Waals surface area contributed by atoms with E-state index in [0.29, 0.717) is 24.4 Å². The van der Waals surface area contributed by atoms with Gasteiger partial charge in [0.15, 0.2) is 0 Å². The highest BCUT2D eigenvalue weighted by atomic mass is 32.1. The van der Waals surface area contributed by atoms with E-state index in [1.165, 1.54) is 5.01 Å². The minimum absolute atomic E-state index is 0.348. The van der Waals surface area contributed by atoms with Gasteiger partial charge in [0.2, 0.25) is 5.91 Å². The Labute approximate surface area is 147 Å². The monoisotopic (exact) mass is 350 g/mol. The highest BCUT2D eigenvalue weighted by molar-refractivity contribution is 7.09. The number of morpholine rings is 1. The van der Waals surface area contributed by atoms with Crippen LogP contribution >= 0.6 is 11.3 Å². The number of ether oxygens (including phenoxy) is 1. The Balaban J connectivity index is 1.36. The van der Waals surface area contributed by atoms with Crippen molar-refractivity contribution in [3.8, 4) is 0 Å². The molecule has 1 aromatic rings. The van der Waals surface area contributed by atoms with Crippen LogP contribution in [-0.4, -0.2) is 83.6 Å². The van der Waals surface area contributed by atoms with Gasteiger partial charge >= 0.3 is 0 Å². The van der Waals surface area contributed by atoms with Gasteiger partial charge in [-0.05, 0) is 12.8 Å². The van der Waals surface area contributed by atoms with Crippen molar-refractivity contribution in [3.05, 3.63) is 16.6 Å². The molecule has 4 rings (SSSR count). The van der Waals surface area contributed by atoms with E-state index in [2.05, 4.69) is 19.7 Å². The van der Waals surface area contributed by atoms with Gasteiger partial charge in [0.1, 0.15) is 5.01 Å². The molecule has 0 spiro atoms. The van der Waals surface area contributed by atoms with Crippen LogP contribution in [0.3, 0.4) is 0 Å². The van der Waals surface area contributed by atoms with E-state index < -0.39 is 0 Å². The molecule has 3 fully saturated rings. The first kappa shape index (κ1) is 16.4. The van der Waals surface area contributed by atoms with Crippen LogP contribution in [0.25, 0.3) is 0 Å². The van der Waals surface area contributed by atoms with Crippen molar-refractivity contribution in [3.63, 3.8) is 0 Å². The lowest BCUT2D eigenvalue weighted by molar-refractivity contribution is -0.138. The molecule has 24 heavy (non-hydrogen) atoms. The Hall–Kier alpha value is -1.02. The first-order chi connectivity index (χ1) is 11.8. The zero-order valence-electron chi connectivity index (χ0n) is 14.1. The third-order valence-corrected chi connectivity index (χ3v) is 6.35. The van der Waals surface area contributed by atoms with Crippen molar-refractivity contribution in [1.82, 2.24) is 19.7 Å². The first-order valence-corrected chi connectivity index (χ1v) is 9.91. The third-order valence-electron chi connectivity index (χ3n) is 5.58. The quantitative estimate of drug-likeness (QED) is 0.794. The maximum Gasteiger partial charge on any atom is 0.222 e. The number of hydrogen-bond donors (Lipinski definition) is 0. The largest absolute Gasteiger partial charge is 0.379 e. The van der Waals surface area contributed by atoms with E-state index in [4.69, 9.17) is 4.74 Å². The number of aromatic nitrogens is 1. The second-order valence-corrected chi connectivity index (χ2v) is 7.88. The fourth-order valence-corrected chi connectivity index (χ4v) is 4.94. The summed E-state index contributed by atoms with van der Waals surface area (Å²) in [5.41, 5.74) is 0. The van der Waals surface area contributed by atoms with Gasteiger partial charge in [-0.3, -0.25) is 14.6 Å². The number of rotatable bonds is 5. The molecule has 0 aromatic carbocycles. The number of piperidine rings is 1. The zero-order chi connectivity index (χ0) is 16.4. The number of carbonyl (C=O) groups excluding carboxylic acids is 1. The molecule has 3 saturated heterocycles. The topological polar surface area (TPSA) is 48.9 Å². The van der Waals surface area contributed by atoms with E-state index in [1.807, 2.05) is 11.6 Å². The summed E-state index contributed by atoms with van der Waals surface area (Å²) in [5, 5.41) is 3.23. The number of likely N-dealkylation sites (tertiary alicyclic amines) is 2. The van der Waals surface area contributed by atoms with Crippen LogP contribution in [0.4, 0.5) is 0 Å². The molecule has 0 N–H and O–H groups in total. The summed E-state index contributed by atoms with van der Waals surface area (Å²) in [6.07, 6.45) is 4.68. The summed E-state index contributed by atoms with van der Waals surface area (Å²) in [5.74, 6) is 0.348. The van der Waals surface area contributed by atoms with E-state index in [1.54, 1.807) is 11.3 Å². The highest BCUT2D eigenvalue weighted by Gasteiger charge is 2.42. The van der Waals surface area contributed by atoms with Crippen molar-refractivity contribution in [2.75, 3.05) is 45.9 Å². The molecule has 132 valence electrons. The Morgan fingerprint density at radius 3 is 2.83 bits per heavy atom. The molecule has 3 aliphatic heterocycles. The van der Waals surface area contributed by atoms with Crippen LogP contribution in [0.5, 0.6) is 0 Å². The van der Waals surface area contributed by atoms with E-state index in [9.17, 15) is 4.79 Å². The lowest BCUT2D eigenvalue weighted by Gasteiger charge is -2.41. The highest BCUT2D eigenvalue weighted by Crippen LogP contribution is 2.32. The second kappa shape index (κ2) is 7.47. The number of hydrogen-bond acceptors (Lipinski definition) is 6. The van der Waals surface area contributed by atoms with Crippen LogP contribution in [0.1, 0.15) is 24.3 Å². The number of nitrogens with zero attached hydrogens (tertiary/aromatic N) is 4. The Bertz CT molecular complexity index is 547. The fourth-order valence-electron chi connectivity index (χ4n) is 4.30. The molecule has 2 atom stereocenters. The minimum atomic E-state index is 0.348. The van der Waals surface area contributed by atoms with Crippen molar-refractivity contribution in [2.24, 2.45) is 0 Å². The zero-order valence-corrected chi connectivity index (χ0v) is 14.9. The second-order valence-electron chi connectivity index (χ2n) is 6.90. The Morgan fingerprint density at radius 1 is 1.17 bits per heavy atom. The number of carbonyl (C=O) groups is 1. The first-order valence-electron chi connectivity index (χ1n) is 9.03. The summed E-state index contributed by atoms with van der Waals surface area (Å²) in [4.78, 5) is 24.0. The molecule has 0 radical (unpaired) electrons. The van der Waals surface area contributed by atoms with Crippen molar-refractivity contribution in [1.29, 1.82) is 0 Å². The molecule has 4 heterocycles. The average molecular weight is 350 g/mol. The molecule has 0 saturated carbocycles. The Morgan fingerprint density at radius 2 is 2.04 bits per heavy atom. The van der Waals surface area contributed by atoms with Crippen LogP contribution in [0.2, 0.25) is 0 Å². The maximum atomic E-state index is 12.5. The predicted octanol–water partition coefficient (Wildman–Crippen LogP) is 1.04. The van der Waals surface area contributed by atoms with Gasteiger partial charge in [-0.1, -0.05) is 0 Å². The van der Waals surface area contributed by atoms with Gasteiger partial charge in [0.25, 0.3) is 0 Å². The van der Waals surface area contributed by atoms with Crippen molar-refractivity contribution < 1.29 is 9.53 Å². The van der Waals surface area contributed by atoms with Crippen LogP contribution in [0, 0.1) is 0 Å². The van der Waals surface area contributed by atoms with E-state index in [0.717, 1.165) is 65.3 Å². The summed E-state index contributed by atoms with van der Waals surface area (Å²) >= 11 is 1.73. The van der Waals surface area contributed by atoms with Gasteiger partial charge in [0, 0.05) is 62.8 Å². The molecule has 3 aliphatic rings.